The van der Waals surface area contributed by atoms with Crippen LogP contribution in [-0.2, 0) is 9.84 Å². The molecule has 2 heterocycles. The lowest BCUT2D eigenvalue weighted by molar-refractivity contribution is 0.597. The molecular weight excluding hydrogens is 438 g/mol. The first-order valence-electron chi connectivity index (χ1n) is 8.71. The third-order valence-corrected chi connectivity index (χ3v) is 6.45. The molecule has 0 atom stereocenters. The molecule has 0 bridgehead atoms. The second-order valence-electron chi connectivity index (χ2n) is 6.31. The van der Waals surface area contributed by atoms with Gasteiger partial charge in [0.2, 0.25) is 9.84 Å². The van der Waals surface area contributed by atoms with Crippen molar-refractivity contribution in [3.63, 3.8) is 0 Å². The van der Waals surface area contributed by atoms with Crippen molar-refractivity contribution in [2.24, 2.45) is 0 Å². The number of hydrogen-bond acceptors (Lipinski definition) is 8. The Morgan fingerprint density at radius 3 is 2.32 bits per heavy atom. The molecule has 0 amide bonds. The molecule has 0 saturated heterocycles. The predicted octanol–water partition coefficient (Wildman–Crippen LogP) is 3.12. The molecule has 0 radical (unpaired) electrons. The third kappa shape index (κ3) is 3.40. The number of sulfone groups is 1. The Hall–Kier alpha value is -4.12. The molecule has 0 unspecified atom stereocenters. The van der Waals surface area contributed by atoms with Crippen LogP contribution in [0.5, 0.6) is 0 Å². The van der Waals surface area contributed by atoms with Gasteiger partial charge in [-0.1, -0.05) is 35.9 Å². The number of halogens is 1. The van der Waals surface area contributed by atoms with E-state index in [1.165, 1.54) is 16.8 Å². The number of nitrogen functional groups attached to an aromatic ring is 1. The highest BCUT2D eigenvalue weighted by atomic mass is 35.5. The standard InChI is InChI=1S/C20H12ClN7O2S/c21-12-5-4-6-13(9-12)27-28-19(24)18(31(29,30)14-7-2-1-3-8-14)17-20(28)26-16(11-23)15(10-22)25-17/h1-9,27H,24H2. The minimum absolute atomic E-state index is 0.00632. The van der Waals surface area contributed by atoms with Crippen molar-refractivity contribution in [2.45, 2.75) is 9.79 Å². The fourth-order valence-corrected chi connectivity index (χ4v) is 4.71. The molecule has 0 saturated carbocycles. The summed E-state index contributed by atoms with van der Waals surface area (Å²) in [7, 11) is -4.13. The lowest BCUT2D eigenvalue weighted by Gasteiger charge is -2.11. The summed E-state index contributed by atoms with van der Waals surface area (Å²) in [6.07, 6.45) is 0. The number of nitrogens with zero attached hydrogens (tertiary/aromatic N) is 5. The molecule has 11 heteroatoms. The lowest BCUT2D eigenvalue weighted by atomic mass is 10.3. The number of aromatic nitrogens is 3. The molecule has 9 nitrogen and oxygen atoms in total. The molecule has 0 aliphatic heterocycles. The van der Waals surface area contributed by atoms with E-state index in [0.717, 1.165) is 0 Å². The summed E-state index contributed by atoms with van der Waals surface area (Å²) >= 11 is 6.03. The van der Waals surface area contributed by atoms with Gasteiger partial charge in [0, 0.05) is 5.02 Å². The van der Waals surface area contributed by atoms with Crippen LogP contribution in [0.15, 0.2) is 64.4 Å². The molecule has 152 valence electrons. The Kier molecular flexibility index (Phi) is 4.95. The number of fused-ring (bicyclic) bond motifs is 1. The van der Waals surface area contributed by atoms with E-state index in [2.05, 4.69) is 15.4 Å². The maximum Gasteiger partial charge on any atom is 0.212 e. The van der Waals surface area contributed by atoms with Crippen molar-refractivity contribution in [1.29, 1.82) is 10.5 Å². The van der Waals surface area contributed by atoms with Crippen LogP contribution in [0, 0.1) is 22.7 Å². The molecular formula is C20H12ClN7O2S. The molecule has 31 heavy (non-hydrogen) atoms. The molecule has 2 aromatic heterocycles. The molecule has 0 aliphatic carbocycles. The van der Waals surface area contributed by atoms with Crippen LogP contribution in [-0.4, -0.2) is 23.1 Å². The van der Waals surface area contributed by atoms with Crippen LogP contribution in [0.3, 0.4) is 0 Å². The Morgan fingerprint density at radius 1 is 1.00 bits per heavy atom. The van der Waals surface area contributed by atoms with Gasteiger partial charge >= 0.3 is 0 Å². The number of rotatable bonds is 4. The quantitative estimate of drug-likeness (QED) is 0.482. The van der Waals surface area contributed by atoms with Crippen LogP contribution in [0.25, 0.3) is 11.2 Å². The van der Waals surface area contributed by atoms with Gasteiger partial charge in [-0.15, -0.1) is 0 Å². The summed E-state index contributed by atoms with van der Waals surface area (Å²) in [5.41, 5.74) is 8.95. The largest absolute Gasteiger partial charge is 0.382 e. The van der Waals surface area contributed by atoms with Crippen LogP contribution in [0.4, 0.5) is 11.5 Å². The third-order valence-electron chi connectivity index (χ3n) is 4.38. The fourth-order valence-electron chi connectivity index (χ4n) is 3.01. The van der Waals surface area contributed by atoms with E-state index >= 15 is 0 Å². The zero-order valence-corrected chi connectivity index (χ0v) is 17.2. The summed E-state index contributed by atoms with van der Waals surface area (Å²) in [6, 6.07) is 17.9. The van der Waals surface area contributed by atoms with Crippen molar-refractivity contribution < 1.29 is 8.42 Å². The van der Waals surface area contributed by atoms with Crippen LogP contribution in [0.1, 0.15) is 11.4 Å². The Bertz CT molecular complexity index is 1520. The average Bonchev–Trinajstić information content (AvgIpc) is 3.04. The summed E-state index contributed by atoms with van der Waals surface area (Å²) in [5, 5.41) is 19.1. The first kappa shape index (κ1) is 20.2. The Balaban J connectivity index is 2.06. The highest BCUT2D eigenvalue weighted by Gasteiger charge is 2.31. The van der Waals surface area contributed by atoms with Gasteiger partial charge in [-0.3, -0.25) is 5.43 Å². The highest BCUT2D eigenvalue weighted by Crippen LogP contribution is 2.34. The van der Waals surface area contributed by atoms with Gasteiger partial charge in [-0.25, -0.2) is 23.1 Å². The maximum atomic E-state index is 13.4. The van der Waals surface area contributed by atoms with Crippen LogP contribution in [0.2, 0.25) is 5.02 Å². The smallest absolute Gasteiger partial charge is 0.212 e. The Labute approximate surface area is 181 Å². The maximum absolute atomic E-state index is 13.4. The van der Waals surface area contributed by atoms with E-state index in [9.17, 15) is 18.9 Å². The first-order chi connectivity index (χ1) is 14.9. The minimum Gasteiger partial charge on any atom is -0.382 e. The van der Waals surface area contributed by atoms with Gasteiger partial charge in [0.05, 0.1) is 10.6 Å². The number of nitrogens with two attached hydrogens (primary N) is 1. The number of anilines is 2. The number of benzene rings is 2. The average molecular weight is 450 g/mol. The summed E-state index contributed by atoms with van der Waals surface area (Å²) in [4.78, 5) is 7.92. The van der Waals surface area contributed by atoms with Gasteiger partial charge in [0.15, 0.2) is 17.0 Å². The molecule has 0 aliphatic rings. The molecule has 4 aromatic rings. The normalized spacial score (nSPS) is 11.1. The number of nitrogens with one attached hydrogen (secondary N) is 1. The topological polar surface area (TPSA) is 150 Å². The second-order valence-corrected chi connectivity index (χ2v) is 8.63. The van der Waals surface area contributed by atoms with Gasteiger partial charge in [0.25, 0.3) is 0 Å². The molecule has 4 rings (SSSR count). The summed E-state index contributed by atoms with van der Waals surface area (Å²) < 4.78 is 28.0. The van der Waals surface area contributed by atoms with E-state index in [0.29, 0.717) is 10.7 Å². The van der Waals surface area contributed by atoms with E-state index in [1.54, 1.807) is 54.6 Å². The van der Waals surface area contributed by atoms with Crippen molar-refractivity contribution in [3.05, 3.63) is 71.0 Å². The summed E-state index contributed by atoms with van der Waals surface area (Å²) in [5.74, 6) is -0.210. The molecule has 2 aromatic carbocycles. The van der Waals surface area contributed by atoms with Gasteiger partial charge in [0.1, 0.15) is 28.4 Å². The lowest BCUT2D eigenvalue weighted by Crippen LogP contribution is -2.14. The van der Waals surface area contributed by atoms with Gasteiger partial charge in [-0.05, 0) is 30.3 Å². The van der Waals surface area contributed by atoms with Gasteiger partial charge < -0.3 is 5.73 Å². The van der Waals surface area contributed by atoms with E-state index in [-0.39, 0.29) is 38.2 Å². The van der Waals surface area contributed by atoms with Crippen LogP contribution < -0.4 is 11.2 Å². The zero-order chi connectivity index (χ0) is 22.2. The minimum atomic E-state index is -4.13. The molecule has 0 spiro atoms. The molecule has 0 fully saturated rings. The van der Waals surface area contributed by atoms with Gasteiger partial charge in [-0.2, -0.15) is 10.5 Å². The zero-order valence-electron chi connectivity index (χ0n) is 15.6. The first-order valence-corrected chi connectivity index (χ1v) is 10.6. The number of nitriles is 2. The highest BCUT2D eigenvalue weighted by molar-refractivity contribution is 7.92. The monoisotopic (exact) mass is 449 g/mol. The molecule has 3 N–H and O–H groups in total. The summed E-state index contributed by atoms with van der Waals surface area (Å²) in [6.45, 7) is 0. The van der Waals surface area contributed by atoms with Crippen molar-refractivity contribution in [3.8, 4) is 12.1 Å². The number of hydrogen-bond donors (Lipinski definition) is 2. The predicted molar refractivity (Wildman–Crippen MR) is 114 cm³/mol. The van der Waals surface area contributed by atoms with E-state index < -0.39 is 9.84 Å². The SMILES string of the molecule is N#Cc1nc2c(S(=O)(=O)c3ccccc3)c(N)n(Nc3cccc(Cl)c3)c2nc1C#N. The van der Waals surface area contributed by atoms with Crippen LogP contribution >= 0.6 is 11.6 Å². The van der Waals surface area contributed by atoms with Crippen molar-refractivity contribution >= 4 is 44.1 Å². The van der Waals surface area contributed by atoms with E-state index in [4.69, 9.17) is 17.3 Å². The fraction of sp³-hybridized carbons (Fsp3) is 0. The van der Waals surface area contributed by atoms with E-state index in [1.807, 2.05) is 0 Å². The van der Waals surface area contributed by atoms with Crippen molar-refractivity contribution in [1.82, 2.24) is 14.6 Å². The van der Waals surface area contributed by atoms with Crippen molar-refractivity contribution in [2.75, 3.05) is 11.2 Å². The Morgan fingerprint density at radius 2 is 1.68 bits per heavy atom. The second kappa shape index (κ2) is 7.61.